The van der Waals surface area contributed by atoms with E-state index in [-0.39, 0.29) is 6.42 Å². The highest BCUT2D eigenvalue weighted by atomic mass is 16.5. The average molecular weight is 367 g/mol. The van der Waals surface area contributed by atoms with E-state index in [1.54, 1.807) is 6.08 Å². The Bertz CT molecular complexity index is 787. The van der Waals surface area contributed by atoms with Gasteiger partial charge >= 0.3 is 11.9 Å². The predicted octanol–water partition coefficient (Wildman–Crippen LogP) is 2.14. The van der Waals surface area contributed by atoms with E-state index in [1.807, 2.05) is 60.7 Å². The fraction of sp³-hybridized carbons (Fsp3) is 0.190. The van der Waals surface area contributed by atoms with Crippen molar-refractivity contribution in [1.82, 2.24) is 5.32 Å². The van der Waals surface area contributed by atoms with E-state index in [0.717, 1.165) is 11.1 Å². The molecule has 0 saturated carbocycles. The summed E-state index contributed by atoms with van der Waals surface area (Å²) in [6, 6.07) is 17.6. The molecule has 0 aliphatic rings. The summed E-state index contributed by atoms with van der Waals surface area (Å²) >= 11 is 0. The molecule has 0 unspecified atom stereocenters. The largest absolute Gasteiger partial charge is 0.467 e. The molecule has 0 spiro atoms. The minimum absolute atomic E-state index is 0.279. The number of methoxy groups -OCH3 is 1. The molecule has 1 N–H and O–H groups in total. The van der Waals surface area contributed by atoms with Crippen LogP contribution in [0.25, 0.3) is 6.08 Å². The minimum atomic E-state index is -0.858. The van der Waals surface area contributed by atoms with Gasteiger partial charge in [0.25, 0.3) is 5.91 Å². The van der Waals surface area contributed by atoms with Gasteiger partial charge in [0.05, 0.1) is 7.11 Å². The minimum Gasteiger partial charge on any atom is -0.467 e. The van der Waals surface area contributed by atoms with Gasteiger partial charge in [-0.2, -0.15) is 0 Å². The van der Waals surface area contributed by atoms with E-state index in [2.05, 4.69) is 5.32 Å². The van der Waals surface area contributed by atoms with Crippen LogP contribution in [0.2, 0.25) is 0 Å². The zero-order valence-electron chi connectivity index (χ0n) is 15.0. The predicted molar refractivity (Wildman–Crippen MR) is 101 cm³/mol. The number of carbonyl (C=O) groups excluding carboxylic acids is 3. The number of esters is 2. The lowest BCUT2D eigenvalue weighted by Gasteiger charge is -2.16. The van der Waals surface area contributed by atoms with Gasteiger partial charge in [-0.05, 0) is 17.2 Å². The second-order valence-corrected chi connectivity index (χ2v) is 5.68. The maximum absolute atomic E-state index is 12.0. The van der Waals surface area contributed by atoms with Crippen molar-refractivity contribution in [3.63, 3.8) is 0 Å². The third-order valence-corrected chi connectivity index (χ3v) is 3.66. The number of rotatable bonds is 8. The molecule has 2 aromatic rings. The first-order valence-electron chi connectivity index (χ1n) is 8.39. The highest BCUT2D eigenvalue weighted by Crippen LogP contribution is 2.05. The molecule has 0 aliphatic carbocycles. The van der Waals surface area contributed by atoms with Crippen LogP contribution in [0.15, 0.2) is 66.7 Å². The fourth-order valence-corrected chi connectivity index (χ4v) is 2.33. The van der Waals surface area contributed by atoms with Gasteiger partial charge in [0, 0.05) is 12.5 Å². The zero-order chi connectivity index (χ0) is 19.5. The molecule has 0 radical (unpaired) electrons. The van der Waals surface area contributed by atoms with Crippen LogP contribution >= 0.6 is 0 Å². The van der Waals surface area contributed by atoms with E-state index in [1.165, 1.54) is 13.2 Å². The number of ether oxygens (including phenoxy) is 2. The fourth-order valence-electron chi connectivity index (χ4n) is 2.33. The highest BCUT2D eigenvalue weighted by Gasteiger charge is 2.22. The second kappa shape index (κ2) is 10.6. The van der Waals surface area contributed by atoms with Crippen molar-refractivity contribution in [3.8, 4) is 0 Å². The third kappa shape index (κ3) is 7.15. The van der Waals surface area contributed by atoms with Crippen molar-refractivity contribution in [2.45, 2.75) is 12.5 Å². The summed E-state index contributed by atoms with van der Waals surface area (Å²) in [6.07, 6.45) is 3.11. The summed E-state index contributed by atoms with van der Waals surface area (Å²) in [5.41, 5.74) is 1.71. The molecule has 0 bridgehead atoms. The number of amides is 1. The number of hydrogen-bond donors (Lipinski definition) is 1. The van der Waals surface area contributed by atoms with Crippen LogP contribution in [-0.2, 0) is 30.3 Å². The molecule has 140 valence electrons. The van der Waals surface area contributed by atoms with Crippen molar-refractivity contribution in [2.24, 2.45) is 0 Å². The molecule has 6 nitrogen and oxygen atoms in total. The van der Waals surface area contributed by atoms with E-state index in [0.29, 0.717) is 0 Å². The molecular formula is C21H21NO5. The van der Waals surface area contributed by atoms with Gasteiger partial charge in [-0.3, -0.25) is 4.79 Å². The molecule has 2 rings (SSSR count). The van der Waals surface area contributed by atoms with Crippen LogP contribution in [0.4, 0.5) is 0 Å². The van der Waals surface area contributed by atoms with Crippen molar-refractivity contribution in [2.75, 3.05) is 13.7 Å². The first-order chi connectivity index (χ1) is 13.1. The lowest BCUT2D eigenvalue weighted by molar-refractivity contribution is -0.147. The van der Waals surface area contributed by atoms with Crippen LogP contribution in [0.1, 0.15) is 11.1 Å². The van der Waals surface area contributed by atoms with Crippen molar-refractivity contribution < 1.29 is 23.9 Å². The molecule has 1 amide bonds. The van der Waals surface area contributed by atoms with Gasteiger partial charge in [0.1, 0.15) is 6.04 Å². The quantitative estimate of drug-likeness (QED) is 0.571. The Labute approximate surface area is 157 Å². The Balaban J connectivity index is 1.85. The van der Waals surface area contributed by atoms with E-state index in [9.17, 15) is 14.4 Å². The molecule has 0 aromatic heterocycles. The van der Waals surface area contributed by atoms with Crippen molar-refractivity contribution in [3.05, 3.63) is 77.9 Å². The van der Waals surface area contributed by atoms with Crippen LogP contribution in [-0.4, -0.2) is 37.6 Å². The topological polar surface area (TPSA) is 81.7 Å². The zero-order valence-corrected chi connectivity index (χ0v) is 15.0. The van der Waals surface area contributed by atoms with Gasteiger partial charge in [-0.15, -0.1) is 0 Å². The van der Waals surface area contributed by atoms with Gasteiger partial charge in [0.2, 0.25) is 0 Å². The van der Waals surface area contributed by atoms with Crippen LogP contribution in [0, 0.1) is 0 Å². The molecule has 0 aliphatic heterocycles. The van der Waals surface area contributed by atoms with Gasteiger partial charge in [0.15, 0.2) is 6.61 Å². The molecule has 0 heterocycles. The average Bonchev–Trinajstić information content (AvgIpc) is 2.71. The summed E-state index contributed by atoms with van der Waals surface area (Å²) in [7, 11) is 1.25. The Hall–Kier alpha value is -3.41. The Morgan fingerprint density at radius 2 is 1.63 bits per heavy atom. The lowest BCUT2D eigenvalue weighted by atomic mass is 10.1. The summed E-state index contributed by atoms with van der Waals surface area (Å²) in [5.74, 6) is -1.79. The Morgan fingerprint density at radius 3 is 2.26 bits per heavy atom. The van der Waals surface area contributed by atoms with Crippen molar-refractivity contribution >= 4 is 23.9 Å². The van der Waals surface area contributed by atoms with Crippen LogP contribution in [0.5, 0.6) is 0 Å². The third-order valence-electron chi connectivity index (χ3n) is 3.66. The lowest BCUT2D eigenvalue weighted by Crippen LogP contribution is -2.44. The monoisotopic (exact) mass is 367 g/mol. The summed E-state index contributed by atoms with van der Waals surface area (Å²) in [6.45, 7) is -0.486. The van der Waals surface area contributed by atoms with Crippen LogP contribution in [0.3, 0.4) is 0 Å². The number of carbonyl (C=O) groups is 3. The normalized spacial score (nSPS) is 11.6. The summed E-state index contributed by atoms with van der Waals surface area (Å²) in [4.78, 5) is 35.6. The maximum Gasteiger partial charge on any atom is 0.331 e. The first kappa shape index (κ1) is 19.9. The smallest absolute Gasteiger partial charge is 0.331 e. The second-order valence-electron chi connectivity index (χ2n) is 5.68. The Kier molecular flexibility index (Phi) is 7.78. The van der Waals surface area contributed by atoms with E-state index in [4.69, 9.17) is 9.47 Å². The van der Waals surface area contributed by atoms with Gasteiger partial charge in [-0.1, -0.05) is 60.7 Å². The molecule has 0 fully saturated rings. The molecule has 2 aromatic carbocycles. The molecule has 6 heteroatoms. The Morgan fingerprint density at radius 1 is 1.00 bits per heavy atom. The summed E-state index contributed by atoms with van der Waals surface area (Å²) in [5, 5.41) is 2.53. The number of nitrogens with one attached hydrogen (secondary N) is 1. The van der Waals surface area contributed by atoms with E-state index >= 15 is 0 Å². The molecular weight excluding hydrogens is 346 g/mol. The van der Waals surface area contributed by atoms with Crippen molar-refractivity contribution in [1.29, 1.82) is 0 Å². The summed E-state index contributed by atoms with van der Waals surface area (Å²) < 4.78 is 9.63. The van der Waals surface area contributed by atoms with E-state index < -0.39 is 30.5 Å². The van der Waals surface area contributed by atoms with Gasteiger partial charge in [-0.25, -0.2) is 9.59 Å². The number of benzene rings is 2. The first-order valence-corrected chi connectivity index (χ1v) is 8.39. The maximum atomic E-state index is 12.0. The standard InChI is InChI=1S/C21H21NO5/c1-26-21(25)18(14-17-10-6-3-7-11-17)22-19(23)15-27-20(24)13-12-16-8-4-2-5-9-16/h2-13,18H,14-15H2,1H3,(H,22,23)/b13-12+/t18-/m1/s1. The molecule has 0 saturated heterocycles. The highest BCUT2D eigenvalue weighted by molar-refractivity contribution is 5.90. The molecule has 1 atom stereocenters. The van der Waals surface area contributed by atoms with Gasteiger partial charge < -0.3 is 14.8 Å². The SMILES string of the molecule is COC(=O)[C@@H](Cc1ccccc1)NC(=O)COC(=O)/C=C/c1ccccc1. The molecule has 27 heavy (non-hydrogen) atoms. The van der Waals surface area contributed by atoms with Crippen LogP contribution < -0.4 is 5.32 Å². The number of hydrogen-bond acceptors (Lipinski definition) is 5.